The number of alkyl halides is 3. The number of rotatable bonds is 5. The Morgan fingerprint density at radius 1 is 1.31 bits per heavy atom. The van der Waals surface area contributed by atoms with Gasteiger partial charge in [-0.05, 0) is 46.3 Å². The van der Waals surface area contributed by atoms with Crippen LogP contribution in [0.1, 0.15) is 10.4 Å². The van der Waals surface area contributed by atoms with Crippen molar-refractivity contribution in [2.75, 3.05) is 30.4 Å². The van der Waals surface area contributed by atoms with Crippen LogP contribution in [0.25, 0.3) is 0 Å². The number of ether oxygens (including phenoxy) is 2. The lowest BCUT2D eigenvalue weighted by Gasteiger charge is -2.18. The van der Waals surface area contributed by atoms with Crippen molar-refractivity contribution >= 4 is 33.3 Å². The standard InChI is InChI=1S/C18H17BrF3N3O4/c1-28-15-9-25(8-14(15)26)16-13(19)6-10(7-23-16)17(27)24-11-2-4-12(5-3-11)29-18(20,21)22/h2-7,14-15,26H,8-9H2,1H3,(H,24,27)/t14-,15-/m0/s1. The van der Waals surface area contributed by atoms with E-state index in [-0.39, 0.29) is 17.4 Å². The highest BCUT2D eigenvalue weighted by Gasteiger charge is 2.33. The molecule has 0 aliphatic carbocycles. The van der Waals surface area contributed by atoms with E-state index in [1.807, 2.05) is 4.90 Å². The number of aromatic nitrogens is 1. The first-order valence-corrected chi connectivity index (χ1v) is 9.24. The van der Waals surface area contributed by atoms with Crippen LogP contribution in [0.3, 0.4) is 0 Å². The first-order chi connectivity index (χ1) is 13.7. The van der Waals surface area contributed by atoms with Crippen molar-refractivity contribution < 1.29 is 32.5 Å². The molecule has 156 valence electrons. The number of pyridine rings is 1. The molecule has 11 heteroatoms. The molecule has 2 atom stereocenters. The Labute approximate surface area is 172 Å². The summed E-state index contributed by atoms with van der Waals surface area (Å²) in [5.74, 6) is -0.300. The predicted octanol–water partition coefficient (Wildman–Crippen LogP) is 3.19. The number of anilines is 2. The van der Waals surface area contributed by atoms with Crippen molar-refractivity contribution in [2.45, 2.75) is 18.6 Å². The van der Waals surface area contributed by atoms with Gasteiger partial charge >= 0.3 is 6.36 Å². The second-order valence-electron chi connectivity index (χ2n) is 6.30. The molecule has 0 radical (unpaired) electrons. The lowest BCUT2D eigenvalue weighted by Crippen LogP contribution is -2.25. The van der Waals surface area contributed by atoms with E-state index in [4.69, 9.17) is 4.74 Å². The fourth-order valence-electron chi connectivity index (χ4n) is 2.89. The minimum absolute atomic E-state index is 0.249. The molecule has 0 saturated carbocycles. The van der Waals surface area contributed by atoms with Crippen LogP contribution in [0, 0.1) is 0 Å². The van der Waals surface area contributed by atoms with Crippen molar-refractivity contribution in [2.24, 2.45) is 0 Å². The molecule has 29 heavy (non-hydrogen) atoms. The van der Waals surface area contributed by atoms with Crippen LogP contribution in [0.15, 0.2) is 41.0 Å². The van der Waals surface area contributed by atoms with Crippen LogP contribution in [-0.4, -0.2) is 54.8 Å². The number of halogens is 4. The smallest absolute Gasteiger partial charge is 0.406 e. The van der Waals surface area contributed by atoms with Gasteiger partial charge in [-0.2, -0.15) is 0 Å². The van der Waals surface area contributed by atoms with E-state index in [1.54, 1.807) is 6.07 Å². The maximum Gasteiger partial charge on any atom is 0.573 e. The maximum atomic E-state index is 12.4. The van der Waals surface area contributed by atoms with Crippen LogP contribution >= 0.6 is 15.9 Å². The Morgan fingerprint density at radius 2 is 2.00 bits per heavy atom. The van der Waals surface area contributed by atoms with Gasteiger partial charge in [-0.1, -0.05) is 0 Å². The van der Waals surface area contributed by atoms with Gasteiger partial charge in [-0.15, -0.1) is 13.2 Å². The number of amides is 1. The molecule has 2 aromatic rings. The van der Waals surface area contributed by atoms with Gasteiger partial charge in [-0.3, -0.25) is 4.79 Å². The van der Waals surface area contributed by atoms with E-state index in [0.717, 1.165) is 12.1 Å². The lowest BCUT2D eigenvalue weighted by molar-refractivity contribution is -0.274. The van der Waals surface area contributed by atoms with Crippen molar-refractivity contribution in [3.8, 4) is 5.75 Å². The molecule has 1 amide bonds. The Bertz CT molecular complexity index is 880. The number of aliphatic hydroxyl groups excluding tert-OH is 1. The summed E-state index contributed by atoms with van der Waals surface area (Å²) in [7, 11) is 1.52. The molecule has 2 heterocycles. The molecule has 0 bridgehead atoms. The minimum atomic E-state index is -4.78. The van der Waals surface area contributed by atoms with E-state index < -0.39 is 18.4 Å². The molecule has 1 saturated heterocycles. The summed E-state index contributed by atoms with van der Waals surface area (Å²) in [5, 5.41) is 12.5. The topological polar surface area (TPSA) is 83.9 Å². The van der Waals surface area contributed by atoms with Crippen LogP contribution in [0.2, 0.25) is 0 Å². The zero-order chi connectivity index (χ0) is 21.2. The van der Waals surface area contributed by atoms with Gasteiger partial charge in [0.05, 0.1) is 16.1 Å². The summed E-state index contributed by atoms with van der Waals surface area (Å²) in [6.45, 7) is 0.809. The van der Waals surface area contributed by atoms with E-state index in [0.29, 0.717) is 29.1 Å². The Kier molecular flexibility index (Phi) is 6.30. The number of hydrogen-bond donors (Lipinski definition) is 2. The van der Waals surface area contributed by atoms with Crippen molar-refractivity contribution in [1.29, 1.82) is 0 Å². The molecule has 1 aromatic heterocycles. The van der Waals surface area contributed by atoms with Gasteiger partial charge in [0, 0.05) is 32.1 Å². The normalized spacial score (nSPS) is 19.3. The summed E-state index contributed by atoms with van der Waals surface area (Å²) in [5.41, 5.74) is 0.551. The fraction of sp³-hybridized carbons (Fsp3) is 0.333. The third kappa shape index (κ3) is 5.37. The van der Waals surface area contributed by atoms with Gasteiger partial charge in [0.1, 0.15) is 17.7 Å². The first kappa shape index (κ1) is 21.3. The van der Waals surface area contributed by atoms with Gasteiger partial charge in [0.25, 0.3) is 5.91 Å². The summed E-state index contributed by atoms with van der Waals surface area (Å²) in [6, 6.07) is 6.38. The summed E-state index contributed by atoms with van der Waals surface area (Å²) in [6.07, 6.45) is -4.36. The van der Waals surface area contributed by atoms with Gasteiger partial charge < -0.3 is 24.8 Å². The second-order valence-corrected chi connectivity index (χ2v) is 7.16. The minimum Gasteiger partial charge on any atom is -0.406 e. The van der Waals surface area contributed by atoms with Crippen LogP contribution in [0.5, 0.6) is 5.75 Å². The molecule has 0 spiro atoms. The third-order valence-corrected chi connectivity index (χ3v) is 4.85. The molecule has 2 N–H and O–H groups in total. The number of hydrogen-bond acceptors (Lipinski definition) is 6. The molecular formula is C18H17BrF3N3O4. The van der Waals surface area contributed by atoms with Crippen LogP contribution in [-0.2, 0) is 4.74 Å². The summed E-state index contributed by atoms with van der Waals surface area (Å²) < 4.78 is 46.1. The number of carbonyl (C=O) groups is 1. The molecule has 1 aromatic carbocycles. The summed E-state index contributed by atoms with van der Waals surface area (Å²) in [4.78, 5) is 18.5. The van der Waals surface area contributed by atoms with Crippen LogP contribution < -0.4 is 15.0 Å². The quantitative estimate of drug-likeness (QED) is 0.690. The average Bonchev–Trinajstić information content (AvgIpc) is 3.02. The largest absolute Gasteiger partial charge is 0.573 e. The molecule has 7 nitrogen and oxygen atoms in total. The van der Waals surface area contributed by atoms with Gasteiger partial charge in [0.2, 0.25) is 0 Å². The zero-order valence-electron chi connectivity index (χ0n) is 15.1. The Morgan fingerprint density at radius 3 is 2.55 bits per heavy atom. The van der Waals surface area contributed by atoms with E-state index >= 15 is 0 Å². The third-order valence-electron chi connectivity index (χ3n) is 4.27. The molecule has 1 fully saturated rings. The second kappa shape index (κ2) is 8.56. The van der Waals surface area contributed by atoms with Crippen LogP contribution in [0.4, 0.5) is 24.7 Å². The van der Waals surface area contributed by atoms with Crippen molar-refractivity contribution in [3.05, 3.63) is 46.6 Å². The van der Waals surface area contributed by atoms with Crippen molar-refractivity contribution in [1.82, 2.24) is 4.98 Å². The number of aliphatic hydroxyl groups is 1. The number of benzene rings is 1. The number of nitrogens with one attached hydrogen (secondary N) is 1. The number of nitrogens with zero attached hydrogens (tertiary/aromatic N) is 2. The molecule has 3 rings (SSSR count). The molecule has 1 aliphatic rings. The highest BCUT2D eigenvalue weighted by Crippen LogP contribution is 2.29. The van der Waals surface area contributed by atoms with E-state index in [9.17, 15) is 23.1 Å². The number of methoxy groups -OCH3 is 1. The highest BCUT2D eigenvalue weighted by atomic mass is 79.9. The van der Waals surface area contributed by atoms with Crippen molar-refractivity contribution in [3.63, 3.8) is 0 Å². The van der Waals surface area contributed by atoms with Gasteiger partial charge in [-0.25, -0.2) is 4.98 Å². The average molecular weight is 476 g/mol. The highest BCUT2D eigenvalue weighted by molar-refractivity contribution is 9.10. The molecule has 0 unspecified atom stereocenters. The monoisotopic (exact) mass is 475 g/mol. The van der Waals surface area contributed by atoms with Gasteiger partial charge in [0.15, 0.2) is 0 Å². The summed E-state index contributed by atoms with van der Waals surface area (Å²) >= 11 is 3.38. The lowest BCUT2D eigenvalue weighted by atomic mass is 10.2. The molecular weight excluding hydrogens is 459 g/mol. The maximum absolute atomic E-state index is 12.4. The number of carbonyl (C=O) groups excluding carboxylic acids is 1. The Hall–Kier alpha value is -2.37. The zero-order valence-corrected chi connectivity index (χ0v) is 16.7. The number of β-amino-alcohol motifs (C(OH)–C–C–N with tert-alkyl or cyclic N) is 1. The Balaban J connectivity index is 1.66. The fourth-order valence-corrected chi connectivity index (χ4v) is 3.49. The van der Waals surface area contributed by atoms with E-state index in [1.165, 1.54) is 25.4 Å². The van der Waals surface area contributed by atoms with E-state index in [2.05, 4.69) is 31.0 Å². The SMILES string of the molecule is CO[C@H]1CN(c2ncc(C(=O)Nc3ccc(OC(F)(F)F)cc3)cc2Br)C[C@@H]1O. The predicted molar refractivity (Wildman–Crippen MR) is 102 cm³/mol. The first-order valence-electron chi connectivity index (χ1n) is 8.45. The molecule has 1 aliphatic heterocycles.